The molecule has 6 heteroatoms. The van der Waals surface area contributed by atoms with E-state index in [1.165, 1.54) is 37.7 Å². The standard InChI is InChI=1S/C18H26N2O3S/c21-18(20-16-8-9-16)12-13-19-24(22,23)17-10-6-15(7-11-17)14-4-2-1-3-5-14/h6-7,10-11,14,16,19H,1-5,8-9,12-13H2,(H,20,21). The molecule has 1 aromatic rings. The average molecular weight is 350 g/mol. The quantitative estimate of drug-likeness (QED) is 0.794. The predicted molar refractivity (Wildman–Crippen MR) is 93.2 cm³/mol. The molecule has 1 amide bonds. The molecule has 0 aromatic heterocycles. The average Bonchev–Trinajstić information content (AvgIpc) is 3.39. The summed E-state index contributed by atoms with van der Waals surface area (Å²) < 4.78 is 27.1. The molecule has 0 bridgehead atoms. The molecule has 0 unspecified atom stereocenters. The molecule has 0 radical (unpaired) electrons. The van der Waals surface area contributed by atoms with Crippen LogP contribution in [0.4, 0.5) is 0 Å². The maximum Gasteiger partial charge on any atom is 0.240 e. The van der Waals surface area contributed by atoms with Crippen molar-refractivity contribution < 1.29 is 13.2 Å². The van der Waals surface area contributed by atoms with E-state index >= 15 is 0 Å². The lowest BCUT2D eigenvalue weighted by atomic mass is 9.84. The lowest BCUT2D eigenvalue weighted by Crippen LogP contribution is -2.31. The molecule has 2 aliphatic carbocycles. The number of carbonyl (C=O) groups excluding carboxylic acids is 1. The first-order valence-corrected chi connectivity index (χ1v) is 10.4. The normalized spacial score (nSPS) is 19.2. The van der Waals surface area contributed by atoms with Gasteiger partial charge < -0.3 is 5.32 Å². The van der Waals surface area contributed by atoms with Gasteiger partial charge in [-0.25, -0.2) is 13.1 Å². The Kier molecular flexibility index (Phi) is 5.56. The summed E-state index contributed by atoms with van der Waals surface area (Å²) in [5.41, 5.74) is 1.23. The molecule has 2 saturated carbocycles. The Balaban J connectivity index is 1.52. The van der Waals surface area contributed by atoms with Crippen molar-refractivity contribution in [1.82, 2.24) is 10.0 Å². The van der Waals surface area contributed by atoms with Gasteiger partial charge in [-0.1, -0.05) is 31.4 Å². The number of sulfonamides is 1. The fraction of sp³-hybridized carbons (Fsp3) is 0.611. The van der Waals surface area contributed by atoms with Crippen LogP contribution in [0.3, 0.4) is 0 Å². The minimum Gasteiger partial charge on any atom is -0.353 e. The van der Waals surface area contributed by atoms with Crippen molar-refractivity contribution in [3.8, 4) is 0 Å². The molecule has 1 aromatic carbocycles. The number of nitrogens with one attached hydrogen (secondary N) is 2. The molecular formula is C18H26N2O3S. The SMILES string of the molecule is O=C(CCNS(=O)(=O)c1ccc(C2CCCCC2)cc1)NC1CC1. The van der Waals surface area contributed by atoms with Gasteiger partial charge in [0.1, 0.15) is 0 Å². The van der Waals surface area contributed by atoms with E-state index in [1.54, 1.807) is 12.1 Å². The third kappa shape index (κ3) is 4.80. The topological polar surface area (TPSA) is 75.3 Å². The van der Waals surface area contributed by atoms with Crippen LogP contribution in [0.2, 0.25) is 0 Å². The number of carbonyl (C=O) groups is 1. The van der Waals surface area contributed by atoms with Gasteiger partial charge in [-0.3, -0.25) is 4.79 Å². The molecule has 5 nitrogen and oxygen atoms in total. The molecule has 0 saturated heterocycles. The predicted octanol–water partition coefficient (Wildman–Crippen LogP) is 2.68. The highest BCUT2D eigenvalue weighted by atomic mass is 32.2. The van der Waals surface area contributed by atoms with Crippen molar-refractivity contribution in [3.63, 3.8) is 0 Å². The first-order chi connectivity index (χ1) is 11.5. The van der Waals surface area contributed by atoms with Crippen molar-refractivity contribution in [2.24, 2.45) is 0 Å². The van der Waals surface area contributed by atoms with Crippen molar-refractivity contribution in [2.75, 3.05) is 6.54 Å². The molecule has 2 N–H and O–H groups in total. The van der Waals surface area contributed by atoms with Crippen LogP contribution in [0.5, 0.6) is 0 Å². The van der Waals surface area contributed by atoms with Crippen LogP contribution in [0.15, 0.2) is 29.2 Å². The van der Waals surface area contributed by atoms with Crippen LogP contribution in [-0.4, -0.2) is 26.9 Å². The molecule has 3 rings (SSSR count). The summed E-state index contributed by atoms with van der Waals surface area (Å²) in [6.07, 6.45) is 8.46. The maximum absolute atomic E-state index is 12.3. The van der Waals surface area contributed by atoms with Gasteiger partial charge >= 0.3 is 0 Å². The number of benzene rings is 1. The third-order valence-electron chi connectivity index (χ3n) is 4.85. The van der Waals surface area contributed by atoms with Gasteiger partial charge in [0.05, 0.1) is 4.90 Å². The number of amides is 1. The molecular weight excluding hydrogens is 324 g/mol. The van der Waals surface area contributed by atoms with Gasteiger partial charge in [-0.15, -0.1) is 0 Å². The summed E-state index contributed by atoms with van der Waals surface area (Å²) in [6.45, 7) is 0.130. The van der Waals surface area contributed by atoms with Gasteiger partial charge in [-0.05, 0) is 49.3 Å². The monoisotopic (exact) mass is 350 g/mol. The van der Waals surface area contributed by atoms with Crippen LogP contribution in [0.25, 0.3) is 0 Å². The zero-order chi connectivity index (χ0) is 17.0. The Labute approximate surface area is 144 Å². The van der Waals surface area contributed by atoms with Gasteiger partial charge in [0.15, 0.2) is 0 Å². The smallest absolute Gasteiger partial charge is 0.240 e. The maximum atomic E-state index is 12.3. The molecule has 0 aliphatic heterocycles. The highest BCUT2D eigenvalue weighted by molar-refractivity contribution is 7.89. The van der Waals surface area contributed by atoms with Crippen molar-refractivity contribution in [3.05, 3.63) is 29.8 Å². The highest BCUT2D eigenvalue weighted by Crippen LogP contribution is 2.32. The van der Waals surface area contributed by atoms with Crippen LogP contribution >= 0.6 is 0 Å². The number of hydrogen-bond acceptors (Lipinski definition) is 3. The van der Waals surface area contributed by atoms with E-state index in [0.717, 1.165) is 12.8 Å². The van der Waals surface area contributed by atoms with Crippen LogP contribution in [0, 0.1) is 0 Å². The fourth-order valence-corrected chi connectivity index (χ4v) is 4.30. The molecule has 2 aliphatic rings. The largest absolute Gasteiger partial charge is 0.353 e. The summed E-state index contributed by atoms with van der Waals surface area (Å²) in [6, 6.07) is 7.53. The van der Waals surface area contributed by atoms with Gasteiger partial charge in [0, 0.05) is 19.0 Å². The Hall–Kier alpha value is -1.40. The van der Waals surface area contributed by atoms with E-state index in [2.05, 4.69) is 10.0 Å². The zero-order valence-corrected chi connectivity index (χ0v) is 14.8. The molecule has 24 heavy (non-hydrogen) atoms. The second kappa shape index (κ2) is 7.66. The highest BCUT2D eigenvalue weighted by Gasteiger charge is 2.23. The Bertz CT molecular complexity index is 660. The molecule has 2 fully saturated rings. The minimum absolute atomic E-state index is 0.0900. The Morgan fingerprint density at radius 3 is 2.29 bits per heavy atom. The molecule has 0 spiro atoms. The third-order valence-corrected chi connectivity index (χ3v) is 6.33. The fourth-order valence-electron chi connectivity index (χ4n) is 3.26. The van der Waals surface area contributed by atoms with E-state index in [1.807, 2.05) is 12.1 Å². The van der Waals surface area contributed by atoms with Crippen LogP contribution in [0.1, 0.15) is 62.8 Å². The zero-order valence-electron chi connectivity index (χ0n) is 14.0. The molecule has 0 atom stereocenters. The second-order valence-corrected chi connectivity index (χ2v) is 8.66. The first-order valence-electron chi connectivity index (χ1n) is 8.93. The summed E-state index contributed by atoms with van der Waals surface area (Å²) in [5.74, 6) is 0.474. The summed E-state index contributed by atoms with van der Waals surface area (Å²) >= 11 is 0. The van der Waals surface area contributed by atoms with Gasteiger partial charge in [0.25, 0.3) is 0 Å². The lowest BCUT2D eigenvalue weighted by molar-refractivity contribution is -0.121. The Morgan fingerprint density at radius 1 is 1.00 bits per heavy atom. The van der Waals surface area contributed by atoms with E-state index in [9.17, 15) is 13.2 Å². The summed E-state index contributed by atoms with van der Waals surface area (Å²) in [4.78, 5) is 11.9. The summed E-state index contributed by atoms with van der Waals surface area (Å²) in [5, 5.41) is 2.85. The number of hydrogen-bond donors (Lipinski definition) is 2. The second-order valence-electron chi connectivity index (χ2n) is 6.89. The van der Waals surface area contributed by atoms with E-state index in [4.69, 9.17) is 0 Å². The number of rotatable bonds is 7. The van der Waals surface area contributed by atoms with Crippen molar-refractivity contribution >= 4 is 15.9 Å². The first kappa shape index (κ1) is 17.4. The van der Waals surface area contributed by atoms with Crippen LogP contribution < -0.4 is 10.0 Å². The van der Waals surface area contributed by atoms with Gasteiger partial charge in [-0.2, -0.15) is 0 Å². The minimum atomic E-state index is -3.55. The van der Waals surface area contributed by atoms with Crippen molar-refractivity contribution in [2.45, 2.75) is 68.2 Å². The molecule has 0 heterocycles. The van der Waals surface area contributed by atoms with Crippen molar-refractivity contribution in [1.29, 1.82) is 0 Å². The van der Waals surface area contributed by atoms with Gasteiger partial charge in [0.2, 0.25) is 15.9 Å². The Morgan fingerprint density at radius 2 is 1.67 bits per heavy atom. The summed E-state index contributed by atoms with van der Waals surface area (Å²) in [7, 11) is -3.55. The molecule has 132 valence electrons. The van der Waals surface area contributed by atoms with E-state index < -0.39 is 10.0 Å². The van der Waals surface area contributed by atoms with Crippen LogP contribution in [-0.2, 0) is 14.8 Å². The lowest BCUT2D eigenvalue weighted by Gasteiger charge is -2.22. The van der Waals surface area contributed by atoms with E-state index in [-0.39, 0.29) is 23.8 Å². The van der Waals surface area contributed by atoms with E-state index in [0.29, 0.717) is 12.0 Å².